The highest BCUT2D eigenvalue weighted by Gasteiger charge is 2.51. The van der Waals surface area contributed by atoms with Gasteiger partial charge in [-0.3, -0.25) is 9.78 Å². The van der Waals surface area contributed by atoms with Gasteiger partial charge < -0.3 is 9.80 Å². The number of amides is 1. The Kier molecular flexibility index (Phi) is 4.21. The Bertz CT molecular complexity index is 582. The first kappa shape index (κ1) is 16.1. The molecule has 3 heterocycles. The zero-order valence-electron chi connectivity index (χ0n) is 13.0. The molecule has 2 aliphatic heterocycles. The third kappa shape index (κ3) is 3.14. The van der Waals surface area contributed by atoms with Crippen molar-refractivity contribution in [1.82, 2.24) is 9.88 Å². The van der Waals surface area contributed by atoms with Gasteiger partial charge in [-0.1, -0.05) is 0 Å². The summed E-state index contributed by atoms with van der Waals surface area (Å²) in [5, 5.41) is 0. The summed E-state index contributed by atoms with van der Waals surface area (Å²) in [6, 6.07) is 0.363. The lowest BCUT2D eigenvalue weighted by atomic mass is 9.91. The number of aryl methyl sites for hydroxylation is 1. The molecule has 3 rings (SSSR count). The molecule has 1 amide bonds. The van der Waals surface area contributed by atoms with Crippen LogP contribution in [-0.4, -0.2) is 47.6 Å². The highest BCUT2D eigenvalue weighted by atomic mass is 19.4. The van der Waals surface area contributed by atoms with Gasteiger partial charge >= 0.3 is 6.18 Å². The highest BCUT2D eigenvalue weighted by Crippen LogP contribution is 2.36. The molecule has 0 saturated carbocycles. The lowest BCUT2D eigenvalue weighted by Crippen LogP contribution is -2.60. The lowest BCUT2D eigenvalue weighted by molar-refractivity contribution is -0.214. The second-order valence-corrected chi connectivity index (χ2v) is 6.30. The second-order valence-electron chi connectivity index (χ2n) is 6.30. The van der Waals surface area contributed by atoms with Crippen molar-refractivity contribution in [3.63, 3.8) is 0 Å². The maximum absolute atomic E-state index is 12.8. The number of alkyl halides is 3. The standard InChI is InChI=1S/C16H20F3N3O/c1-11-10-20-6-2-13(11)21-7-3-12(4-8-21)15(23)22-9-5-14(22)16(17,18)19/h2,6,10,12,14H,3-5,7-9H2,1H3. The monoisotopic (exact) mass is 327 g/mol. The van der Waals surface area contributed by atoms with E-state index in [1.165, 1.54) is 0 Å². The molecule has 0 aliphatic carbocycles. The fraction of sp³-hybridized carbons (Fsp3) is 0.625. The van der Waals surface area contributed by atoms with E-state index < -0.39 is 12.2 Å². The summed E-state index contributed by atoms with van der Waals surface area (Å²) in [5.41, 5.74) is 2.15. The van der Waals surface area contributed by atoms with Gasteiger partial charge in [-0.05, 0) is 37.8 Å². The van der Waals surface area contributed by atoms with E-state index in [0.717, 1.165) is 16.2 Å². The molecular weight excluding hydrogens is 307 g/mol. The largest absolute Gasteiger partial charge is 0.408 e. The number of aromatic nitrogens is 1. The van der Waals surface area contributed by atoms with E-state index in [-0.39, 0.29) is 24.8 Å². The van der Waals surface area contributed by atoms with Gasteiger partial charge in [-0.25, -0.2) is 0 Å². The van der Waals surface area contributed by atoms with Crippen LogP contribution in [0.4, 0.5) is 18.9 Å². The Morgan fingerprint density at radius 2 is 1.91 bits per heavy atom. The first-order chi connectivity index (χ1) is 10.9. The van der Waals surface area contributed by atoms with Crippen LogP contribution in [0, 0.1) is 12.8 Å². The first-order valence-electron chi connectivity index (χ1n) is 7.90. The van der Waals surface area contributed by atoms with Crippen molar-refractivity contribution in [3.8, 4) is 0 Å². The Morgan fingerprint density at radius 3 is 2.43 bits per heavy atom. The van der Waals surface area contributed by atoms with Gasteiger partial charge in [0.15, 0.2) is 0 Å². The predicted molar refractivity (Wildman–Crippen MR) is 80.1 cm³/mol. The number of likely N-dealkylation sites (tertiary alicyclic amines) is 1. The van der Waals surface area contributed by atoms with Crippen LogP contribution < -0.4 is 4.90 Å². The maximum Gasteiger partial charge on any atom is 0.408 e. The molecule has 1 atom stereocenters. The fourth-order valence-electron chi connectivity index (χ4n) is 3.41. The topological polar surface area (TPSA) is 36.4 Å². The molecule has 7 heteroatoms. The maximum atomic E-state index is 12.8. The number of pyridine rings is 1. The third-order valence-electron chi connectivity index (χ3n) is 4.86. The number of halogens is 3. The van der Waals surface area contributed by atoms with Crippen LogP contribution in [0.15, 0.2) is 18.5 Å². The Morgan fingerprint density at radius 1 is 1.22 bits per heavy atom. The number of hydrogen-bond acceptors (Lipinski definition) is 3. The molecule has 2 aliphatic rings. The summed E-state index contributed by atoms with van der Waals surface area (Å²) in [6.45, 7) is 3.58. The Labute approximate surface area is 133 Å². The lowest BCUT2D eigenvalue weighted by Gasteiger charge is -2.44. The normalized spacial score (nSPS) is 22.9. The van der Waals surface area contributed by atoms with E-state index in [2.05, 4.69) is 9.88 Å². The average Bonchev–Trinajstić information content (AvgIpc) is 2.45. The number of nitrogens with zero attached hydrogens (tertiary/aromatic N) is 3. The van der Waals surface area contributed by atoms with Gasteiger partial charge in [-0.2, -0.15) is 13.2 Å². The molecule has 23 heavy (non-hydrogen) atoms. The number of carbonyl (C=O) groups excluding carboxylic acids is 1. The van der Waals surface area contributed by atoms with Crippen molar-refractivity contribution < 1.29 is 18.0 Å². The number of anilines is 1. The van der Waals surface area contributed by atoms with Gasteiger partial charge in [0, 0.05) is 43.6 Å². The van der Waals surface area contributed by atoms with E-state index in [1.54, 1.807) is 12.4 Å². The molecule has 126 valence electrons. The summed E-state index contributed by atoms with van der Waals surface area (Å²) >= 11 is 0. The van der Waals surface area contributed by atoms with Crippen LogP contribution >= 0.6 is 0 Å². The molecule has 0 spiro atoms. The zero-order chi connectivity index (χ0) is 16.6. The number of piperidine rings is 1. The van der Waals surface area contributed by atoms with E-state index in [9.17, 15) is 18.0 Å². The van der Waals surface area contributed by atoms with Crippen LogP contribution in [0.2, 0.25) is 0 Å². The average molecular weight is 327 g/mol. The molecule has 0 bridgehead atoms. The van der Waals surface area contributed by atoms with Crippen molar-refractivity contribution in [2.24, 2.45) is 5.92 Å². The van der Waals surface area contributed by atoms with Crippen LogP contribution in [0.25, 0.3) is 0 Å². The molecule has 2 fully saturated rings. The summed E-state index contributed by atoms with van der Waals surface area (Å²) < 4.78 is 38.4. The van der Waals surface area contributed by atoms with E-state index >= 15 is 0 Å². The van der Waals surface area contributed by atoms with Crippen molar-refractivity contribution in [3.05, 3.63) is 24.0 Å². The van der Waals surface area contributed by atoms with Gasteiger partial charge in [0.1, 0.15) is 6.04 Å². The smallest absolute Gasteiger partial charge is 0.371 e. The van der Waals surface area contributed by atoms with Crippen LogP contribution in [-0.2, 0) is 4.79 Å². The van der Waals surface area contributed by atoms with Crippen molar-refractivity contribution >= 4 is 11.6 Å². The van der Waals surface area contributed by atoms with Crippen LogP contribution in [0.5, 0.6) is 0 Å². The van der Waals surface area contributed by atoms with Crippen molar-refractivity contribution in [2.45, 2.75) is 38.4 Å². The number of hydrogen-bond donors (Lipinski definition) is 0. The van der Waals surface area contributed by atoms with Crippen molar-refractivity contribution in [2.75, 3.05) is 24.5 Å². The minimum absolute atomic E-state index is 0.0320. The highest BCUT2D eigenvalue weighted by molar-refractivity contribution is 5.80. The van der Waals surface area contributed by atoms with Gasteiger partial charge in [0.25, 0.3) is 0 Å². The zero-order valence-corrected chi connectivity index (χ0v) is 13.0. The third-order valence-corrected chi connectivity index (χ3v) is 4.86. The minimum atomic E-state index is -4.30. The molecule has 0 aromatic carbocycles. The fourth-order valence-corrected chi connectivity index (χ4v) is 3.41. The summed E-state index contributed by atoms with van der Waals surface area (Å²) in [5.74, 6) is -0.622. The van der Waals surface area contributed by atoms with E-state index in [1.807, 2.05) is 13.0 Å². The molecule has 1 aromatic rings. The summed E-state index contributed by atoms with van der Waals surface area (Å²) in [4.78, 5) is 19.6. The molecule has 1 aromatic heterocycles. The van der Waals surface area contributed by atoms with Gasteiger partial charge in [0.2, 0.25) is 5.91 Å². The Hall–Kier alpha value is -1.79. The molecular formula is C16H20F3N3O. The van der Waals surface area contributed by atoms with Crippen LogP contribution in [0.3, 0.4) is 0 Å². The van der Waals surface area contributed by atoms with E-state index in [4.69, 9.17) is 0 Å². The van der Waals surface area contributed by atoms with Gasteiger partial charge in [0.05, 0.1) is 0 Å². The summed E-state index contributed by atoms with van der Waals surface area (Å²) in [7, 11) is 0. The molecule has 0 radical (unpaired) electrons. The van der Waals surface area contributed by atoms with Crippen molar-refractivity contribution in [1.29, 1.82) is 0 Å². The van der Waals surface area contributed by atoms with Crippen LogP contribution in [0.1, 0.15) is 24.8 Å². The van der Waals surface area contributed by atoms with Gasteiger partial charge in [-0.15, -0.1) is 0 Å². The number of rotatable bonds is 2. The molecule has 0 N–H and O–H groups in total. The number of carbonyl (C=O) groups is 1. The summed E-state index contributed by atoms with van der Waals surface area (Å²) in [6.07, 6.45) is 0.449. The van der Waals surface area contributed by atoms with E-state index in [0.29, 0.717) is 25.9 Å². The molecule has 2 saturated heterocycles. The quantitative estimate of drug-likeness (QED) is 0.838. The molecule has 4 nitrogen and oxygen atoms in total. The molecule has 1 unspecified atom stereocenters. The minimum Gasteiger partial charge on any atom is -0.371 e. The first-order valence-corrected chi connectivity index (χ1v) is 7.90. The SMILES string of the molecule is Cc1cnccc1N1CCC(C(=O)N2CCC2C(F)(F)F)CC1. The second kappa shape index (κ2) is 6.02. The predicted octanol–water partition coefficient (Wildman–Crippen LogP) is 2.77. The Balaban J connectivity index is 1.59.